The number of hydrogen-bond acceptors (Lipinski definition) is 13. The van der Waals surface area contributed by atoms with Crippen molar-refractivity contribution in [2.75, 3.05) is 19.8 Å². The predicted molar refractivity (Wildman–Crippen MR) is 197 cm³/mol. The molecule has 2 bridgehead atoms. The average Bonchev–Trinajstić information content (AvgIpc) is 3.41. The van der Waals surface area contributed by atoms with Gasteiger partial charge in [-0.1, -0.05) is 53.7 Å². The van der Waals surface area contributed by atoms with Crippen molar-refractivity contribution in [3.05, 3.63) is 12.2 Å². The standard InChI is InChI=1S/C42H68O13/c1-21-28(45)30(47)32(49)34(52-21)54-26-10-11-37(4)23(38(26,5)19-44)8-12-39(6)24(37)9-13-42-25-16-36(2,3)14-15-41(25,20-51-42)27(17-40(39,42)7)55-35-33(50)31(48)29(46)22(18-43)53-35/h9,13,21-35,43-50H,8,10-12,14-20H2,1-7H3. The van der Waals surface area contributed by atoms with Gasteiger partial charge in [0, 0.05) is 22.2 Å². The van der Waals surface area contributed by atoms with Gasteiger partial charge in [0.15, 0.2) is 12.6 Å². The van der Waals surface area contributed by atoms with E-state index in [0.29, 0.717) is 19.4 Å². The molecule has 3 heterocycles. The minimum absolute atomic E-state index is 0.0414. The molecule has 8 aliphatic rings. The van der Waals surface area contributed by atoms with Crippen LogP contribution >= 0.6 is 0 Å². The van der Waals surface area contributed by atoms with Crippen LogP contribution < -0.4 is 0 Å². The van der Waals surface area contributed by atoms with Crippen molar-refractivity contribution < 1.29 is 64.5 Å². The number of rotatable bonds is 6. The van der Waals surface area contributed by atoms with Gasteiger partial charge in [-0.15, -0.1) is 0 Å². The van der Waals surface area contributed by atoms with E-state index in [4.69, 9.17) is 23.7 Å². The van der Waals surface area contributed by atoms with Crippen LogP contribution in [0.25, 0.3) is 0 Å². The van der Waals surface area contributed by atoms with Gasteiger partial charge in [0.2, 0.25) is 0 Å². The van der Waals surface area contributed by atoms with Crippen molar-refractivity contribution in [3.63, 3.8) is 0 Å². The highest BCUT2D eigenvalue weighted by molar-refractivity contribution is 5.36. The summed E-state index contributed by atoms with van der Waals surface area (Å²) in [5.74, 6) is 0.248. The predicted octanol–water partition coefficient (Wildman–Crippen LogP) is 1.78. The lowest BCUT2D eigenvalue weighted by Gasteiger charge is -2.73. The summed E-state index contributed by atoms with van der Waals surface area (Å²) >= 11 is 0. The number of hydrogen-bond donors (Lipinski definition) is 8. The van der Waals surface area contributed by atoms with Crippen molar-refractivity contribution >= 4 is 0 Å². The van der Waals surface area contributed by atoms with Gasteiger partial charge < -0.3 is 64.5 Å². The number of fused-ring (bicyclic) bond motifs is 4. The van der Waals surface area contributed by atoms with Gasteiger partial charge in [-0.3, -0.25) is 0 Å². The lowest BCUT2D eigenvalue weighted by molar-refractivity contribution is -0.339. The monoisotopic (exact) mass is 780 g/mol. The van der Waals surface area contributed by atoms with Crippen LogP contribution in [-0.4, -0.2) is 140 Å². The van der Waals surface area contributed by atoms with Crippen LogP contribution in [0.15, 0.2) is 12.2 Å². The minimum Gasteiger partial charge on any atom is -0.396 e. The fourth-order valence-electron chi connectivity index (χ4n) is 14.3. The van der Waals surface area contributed by atoms with Crippen molar-refractivity contribution in [1.29, 1.82) is 0 Å². The second kappa shape index (κ2) is 13.4. The van der Waals surface area contributed by atoms with E-state index < -0.39 is 96.7 Å². The van der Waals surface area contributed by atoms with E-state index in [1.807, 2.05) is 0 Å². The van der Waals surface area contributed by atoms with Gasteiger partial charge in [0.05, 0.1) is 43.7 Å². The highest BCUT2D eigenvalue weighted by atomic mass is 16.7. The Hall–Kier alpha value is -0.780. The summed E-state index contributed by atoms with van der Waals surface area (Å²) in [6.07, 6.45) is -2.29. The fraction of sp³-hybridized carbons (Fsp3) is 0.952. The zero-order chi connectivity index (χ0) is 39.9. The Bertz CT molecular complexity index is 1490. The van der Waals surface area contributed by atoms with Crippen molar-refractivity contribution in [2.45, 2.75) is 179 Å². The molecule has 3 saturated heterocycles. The molecular weight excluding hydrogens is 712 g/mol. The molecule has 21 atom stereocenters. The fourth-order valence-corrected chi connectivity index (χ4v) is 14.3. The van der Waals surface area contributed by atoms with Gasteiger partial charge in [0.25, 0.3) is 0 Å². The van der Waals surface area contributed by atoms with E-state index in [0.717, 1.165) is 38.5 Å². The molecule has 8 N–H and O–H groups in total. The molecule has 0 amide bonds. The van der Waals surface area contributed by atoms with Crippen LogP contribution in [0.1, 0.15) is 99.8 Å². The smallest absolute Gasteiger partial charge is 0.186 e. The molecule has 0 radical (unpaired) electrons. The molecule has 3 aliphatic heterocycles. The van der Waals surface area contributed by atoms with Gasteiger partial charge in [-0.2, -0.15) is 0 Å². The largest absolute Gasteiger partial charge is 0.396 e. The summed E-state index contributed by atoms with van der Waals surface area (Å²) in [5.41, 5.74) is -2.54. The molecule has 7 fully saturated rings. The molecule has 13 nitrogen and oxygen atoms in total. The maximum atomic E-state index is 11.3. The molecule has 1 spiro atoms. The highest BCUT2D eigenvalue weighted by Gasteiger charge is 2.79. The molecular formula is C42H68O13. The maximum Gasteiger partial charge on any atom is 0.186 e. The summed E-state index contributed by atoms with van der Waals surface area (Å²) in [4.78, 5) is 0. The summed E-state index contributed by atoms with van der Waals surface area (Å²) in [6.45, 7) is 15.4. The second-order valence-electron chi connectivity index (χ2n) is 21.0. The summed E-state index contributed by atoms with van der Waals surface area (Å²) in [6, 6.07) is 0. The Balaban J connectivity index is 1.14. The Morgan fingerprint density at radius 2 is 1.35 bits per heavy atom. The van der Waals surface area contributed by atoms with Crippen LogP contribution in [0.3, 0.4) is 0 Å². The molecule has 0 aromatic carbocycles. The summed E-state index contributed by atoms with van der Waals surface area (Å²) in [5, 5.41) is 85.4. The Morgan fingerprint density at radius 3 is 2.02 bits per heavy atom. The third kappa shape index (κ3) is 5.44. The molecule has 13 heteroatoms. The molecule has 0 aromatic heterocycles. The van der Waals surface area contributed by atoms with Gasteiger partial charge in [-0.05, 0) is 86.4 Å². The molecule has 4 saturated carbocycles. The number of allylic oxidation sites excluding steroid dienone is 1. The Labute approximate surface area is 325 Å². The van der Waals surface area contributed by atoms with E-state index in [-0.39, 0.29) is 46.0 Å². The van der Waals surface area contributed by atoms with Crippen molar-refractivity contribution in [2.24, 2.45) is 50.2 Å². The normalized spacial score (nSPS) is 59.7. The summed E-state index contributed by atoms with van der Waals surface area (Å²) < 4.78 is 32.6. The van der Waals surface area contributed by atoms with Gasteiger partial charge in [-0.25, -0.2) is 0 Å². The second-order valence-corrected chi connectivity index (χ2v) is 21.0. The van der Waals surface area contributed by atoms with Crippen molar-refractivity contribution in [3.8, 4) is 0 Å². The first-order valence-corrected chi connectivity index (χ1v) is 20.9. The molecule has 21 unspecified atom stereocenters. The quantitative estimate of drug-likeness (QED) is 0.143. The Morgan fingerprint density at radius 1 is 0.691 bits per heavy atom. The van der Waals surface area contributed by atoms with Crippen LogP contribution in [0.5, 0.6) is 0 Å². The first-order valence-electron chi connectivity index (χ1n) is 20.9. The molecule has 55 heavy (non-hydrogen) atoms. The molecule has 0 aromatic rings. The minimum atomic E-state index is -1.53. The van der Waals surface area contributed by atoms with E-state index in [2.05, 4.69) is 53.7 Å². The first kappa shape index (κ1) is 41.0. The number of aliphatic hydroxyl groups excluding tert-OH is 8. The number of ether oxygens (including phenoxy) is 5. The van der Waals surface area contributed by atoms with Gasteiger partial charge >= 0.3 is 0 Å². The van der Waals surface area contributed by atoms with Crippen LogP contribution in [0, 0.1) is 50.2 Å². The van der Waals surface area contributed by atoms with E-state index >= 15 is 0 Å². The zero-order valence-corrected chi connectivity index (χ0v) is 33.7. The Kier molecular flexibility index (Phi) is 9.95. The molecule has 314 valence electrons. The SMILES string of the molecule is CC1OC(OC2CCC3(C)C(CCC4(C)C3C=CC35OCC6(CCC(C)(C)CC63)C(OC3OC(CO)C(O)C(O)C3O)CC45C)C2(C)CO)C(O)C(O)C1O. The zero-order valence-electron chi connectivity index (χ0n) is 33.7. The number of aliphatic hydroxyl groups is 8. The highest BCUT2D eigenvalue weighted by Crippen LogP contribution is 2.79. The van der Waals surface area contributed by atoms with Crippen molar-refractivity contribution in [1.82, 2.24) is 0 Å². The van der Waals surface area contributed by atoms with Gasteiger partial charge in [0.1, 0.15) is 42.7 Å². The van der Waals surface area contributed by atoms with E-state index in [9.17, 15) is 40.9 Å². The van der Waals surface area contributed by atoms with Crippen LogP contribution in [-0.2, 0) is 23.7 Å². The summed E-state index contributed by atoms with van der Waals surface area (Å²) in [7, 11) is 0. The maximum absolute atomic E-state index is 11.3. The third-order valence-electron chi connectivity index (χ3n) is 17.9. The topological polar surface area (TPSA) is 208 Å². The lowest BCUT2D eigenvalue weighted by Crippen LogP contribution is -2.73. The van der Waals surface area contributed by atoms with E-state index in [1.165, 1.54) is 0 Å². The third-order valence-corrected chi connectivity index (χ3v) is 17.9. The van der Waals surface area contributed by atoms with Crippen LogP contribution in [0.4, 0.5) is 0 Å². The molecule has 5 aliphatic carbocycles. The average molecular weight is 781 g/mol. The molecule has 8 rings (SSSR count). The van der Waals surface area contributed by atoms with Crippen LogP contribution in [0.2, 0.25) is 0 Å². The van der Waals surface area contributed by atoms with E-state index in [1.54, 1.807) is 6.92 Å². The first-order chi connectivity index (χ1) is 25.7. The lowest BCUT2D eigenvalue weighted by atomic mass is 9.32.